The fraction of sp³-hybridized carbons (Fsp3) is 0.167. The molecular weight excluding hydrogens is 382 g/mol. The minimum absolute atomic E-state index is 0.0442. The van der Waals surface area contributed by atoms with Crippen LogP contribution >= 0.6 is 0 Å². The third-order valence-corrected chi connectivity index (χ3v) is 4.71. The third kappa shape index (κ3) is 3.98. The zero-order valence-electron chi connectivity index (χ0n) is 16.7. The lowest BCUT2D eigenvalue weighted by Gasteiger charge is -2.12. The second-order valence-corrected chi connectivity index (χ2v) is 7.08. The number of furan rings is 1. The van der Waals surface area contributed by atoms with E-state index >= 15 is 0 Å². The fourth-order valence-electron chi connectivity index (χ4n) is 3.32. The Bertz CT molecular complexity index is 1240. The maximum atomic E-state index is 13.2. The van der Waals surface area contributed by atoms with Crippen LogP contribution in [0.25, 0.3) is 22.5 Å². The third-order valence-electron chi connectivity index (χ3n) is 4.71. The largest absolute Gasteiger partial charge is 0.476 e. The van der Waals surface area contributed by atoms with Crippen LogP contribution in [0.5, 0.6) is 5.75 Å². The van der Waals surface area contributed by atoms with Gasteiger partial charge in [-0.3, -0.25) is 9.59 Å². The topological polar surface area (TPSA) is 81.7 Å². The van der Waals surface area contributed by atoms with E-state index < -0.39 is 0 Å². The number of hydrogen-bond donors (Lipinski definition) is 1. The van der Waals surface area contributed by atoms with E-state index in [4.69, 9.17) is 13.6 Å². The van der Waals surface area contributed by atoms with Crippen molar-refractivity contribution < 1.29 is 18.4 Å². The average molecular weight is 403 g/mol. The molecule has 2 heterocycles. The highest BCUT2D eigenvalue weighted by Gasteiger charge is 2.21. The molecule has 0 radical (unpaired) electrons. The van der Waals surface area contributed by atoms with Gasteiger partial charge in [-0.15, -0.1) is 0 Å². The number of ether oxygens (including phenoxy) is 1. The predicted octanol–water partition coefficient (Wildman–Crippen LogP) is 4.37. The maximum Gasteiger partial charge on any atom is 0.258 e. The SMILES string of the molecule is Cc1cc(C)c2oc(-c3ccco3)c(OCC(=O)NCc3ccccc3)c(=O)c2c1. The van der Waals surface area contributed by atoms with Gasteiger partial charge in [-0.2, -0.15) is 0 Å². The van der Waals surface area contributed by atoms with Crippen LogP contribution in [-0.2, 0) is 11.3 Å². The molecular formula is C24H21NO5. The second-order valence-electron chi connectivity index (χ2n) is 7.08. The zero-order valence-corrected chi connectivity index (χ0v) is 16.7. The number of fused-ring (bicyclic) bond motifs is 1. The molecule has 0 spiro atoms. The molecule has 0 aliphatic rings. The van der Waals surface area contributed by atoms with E-state index in [2.05, 4.69) is 5.32 Å². The fourth-order valence-corrected chi connectivity index (χ4v) is 3.32. The lowest BCUT2D eigenvalue weighted by atomic mass is 10.1. The molecule has 6 nitrogen and oxygen atoms in total. The van der Waals surface area contributed by atoms with Crippen LogP contribution in [0.2, 0.25) is 0 Å². The molecule has 2 aromatic carbocycles. The van der Waals surface area contributed by atoms with E-state index in [1.165, 1.54) is 6.26 Å². The summed E-state index contributed by atoms with van der Waals surface area (Å²) in [5.41, 5.74) is 2.87. The molecule has 0 aliphatic carbocycles. The molecule has 0 atom stereocenters. The normalized spacial score (nSPS) is 10.9. The van der Waals surface area contributed by atoms with Gasteiger partial charge in [0.25, 0.3) is 5.91 Å². The van der Waals surface area contributed by atoms with Crippen LogP contribution in [0.15, 0.2) is 74.5 Å². The summed E-state index contributed by atoms with van der Waals surface area (Å²) >= 11 is 0. The summed E-state index contributed by atoms with van der Waals surface area (Å²) in [4.78, 5) is 25.5. The summed E-state index contributed by atoms with van der Waals surface area (Å²) in [5, 5.41) is 3.18. The van der Waals surface area contributed by atoms with E-state index in [-0.39, 0.29) is 29.5 Å². The summed E-state index contributed by atoms with van der Waals surface area (Å²) in [6, 6.07) is 16.6. The molecule has 30 heavy (non-hydrogen) atoms. The standard InChI is InChI=1S/C24H21NO5/c1-15-11-16(2)22-18(12-15)21(27)24(23(30-22)19-9-6-10-28-19)29-14-20(26)25-13-17-7-4-3-5-8-17/h3-12H,13-14H2,1-2H3,(H,25,26). The van der Waals surface area contributed by atoms with E-state index in [1.807, 2.05) is 50.2 Å². The Morgan fingerprint density at radius 1 is 1.07 bits per heavy atom. The molecule has 0 fully saturated rings. The van der Waals surface area contributed by atoms with Crippen LogP contribution in [0.1, 0.15) is 16.7 Å². The molecule has 1 amide bonds. The second kappa shape index (κ2) is 8.29. The van der Waals surface area contributed by atoms with Crippen molar-refractivity contribution in [1.29, 1.82) is 0 Å². The summed E-state index contributed by atoms with van der Waals surface area (Å²) in [6.07, 6.45) is 1.48. The van der Waals surface area contributed by atoms with Crippen molar-refractivity contribution in [3.63, 3.8) is 0 Å². The summed E-state index contributed by atoms with van der Waals surface area (Å²) < 4.78 is 17.1. The number of nitrogens with one attached hydrogen (secondary N) is 1. The highest BCUT2D eigenvalue weighted by molar-refractivity contribution is 5.85. The Kier molecular flexibility index (Phi) is 5.39. The van der Waals surface area contributed by atoms with Gasteiger partial charge >= 0.3 is 0 Å². The highest BCUT2D eigenvalue weighted by atomic mass is 16.5. The van der Waals surface area contributed by atoms with Gasteiger partial charge in [0.15, 0.2) is 12.4 Å². The Morgan fingerprint density at radius 3 is 2.60 bits per heavy atom. The Morgan fingerprint density at radius 2 is 1.87 bits per heavy atom. The maximum absolute atomic E-state index is 13.2. The molecule has 0 saturated carbocycles. The number of amides is 1. The van der Waals surface area contributed by atoms with Crippen molar-refractivity contribution in [2.45, 2.75) is 20.4 Å². The number of rotatable bonds is 6. The van der Waals surface area contributed by atoms with Gasteiger partial charge in [0.1, 0.15) is 5.58 Å². The summed E-state index contributed by atoms with van der Waals surface area (Å²) in [7, 11) is 0. The average Bonchev–Trinajstić information content (AvgIpc) is 3.27. The quantitative estimate of drug-likeness (QED) is 0.517. The summed E-state index contributed by atoms with van der Waals surface area (Å²) in [5.74, 6) is 0.135. The Labute approximate surface area is 173 Å². The van der Waals surface area contributed by atoms with Gasteiger partial charge in [-0.05, 0) is 48.7 Å². The van der Waals surface area contributed by atoms with Crippen molar-refractivity contribution in [2.24, 2.45) is 0 Å². The van der Waals surface area contributed by atoms with Crippen molar-refractivity contribution >= 4 is 16.9 Å². The first-order valence-corrected chi connectivity index (χ1v) is 9.58. The lowest BCUT2D eigenvalue weighted by Crippen LogP contribution is -2.29. The molecule has 0 aliphatic heterocycles. The van der Waals surface area contributed by atoms with E-state index in [9.17, 15) is 9.59 Å². The van der Waals surface area contributed by atoms with Gasteiger partial charge in [-0.25, -0.2) is 0 Å². The smallest absolute Gasteiger partial charge is 0.258 e. The molecule has 0 saturated heterocycles. The van der Waals surface area contributed by atoms with Crippen molar-refractivity contribution in [3.05, 3.63) is 87.8 Å². The van der Waals surface area contributed by atoms with Crippen LogP contribution in [0.4, 0.5) is 0 Å². The van der Waals surface area contributed by atoms with Crippen molar-refractivity contribution in [3.8, 4) is 17.3 Å². The molecule has 2 aromatic heterocycles. The predicted molar refractivity (Wildman–Crippen MR) is 113 cm³/mol. The van der Waals surface area contributed by atoms with Crippen LogP contribution < -0.4 is 15.5 Å². The lowest BCUT2D eigenvalue weighted by molar-refractivity contribution is -0.123. The minimum atomic E-state index is -0.343. The number of benzene rings is 2. The van der Waals surface area contributed by atoms with Gasteiger partial charge < -0.3 is 18.9 Å². The van der Waals surface area contributed by atoms with Crippen LogP contribution in [-0.4, -0.2) is 12.5 Å². The van der Waals surface area contributed by atoms with Gasteiger partial charge in [0.2, 0.25) is 16.9 Å². The molecule has 6 heteroatoms. The van der Waals surface area contributed by atoms with Gasteiger partial charge in [0.05, 0.1) is 11.6 Å². The zero-order chi connectivity index (χ0) is 21.1. The number of aryl methyl sites for hydroxylation is 2. The summed E-state index contributed by atoms with van der Waals surface area (Å²) in [6.45, 7) is 3.84. The number of carbonyl (C=O) groups is 1. The molecule has 152 valence electrons. The Hall–Kier alpha value is -3.80. The van der Waals surface area contributed by atoms with E-state index in [1.54, 1.807) is 18.2 Å². The minimum Gasteiger partial charge on any atom is -0.476 e. The van der Waals surface area contributed by atoms with E-state index in [0.29, 0.717) is 23.3 Å². The van der Waals surface area contributed by atoms with Crippen molar-refractivity contribution in [1.82, 2.24) is 5.32 Å². The molecule has 0 unspecified atom stereocenters. The van der Waals surface area contributed by atoms with Gasteiger partial charge in [0, 0.05) is 6.54 Å². The van der Waals surface area contributed by atoms with Gasteiger partial charge in [-0.1, -0.05) is 36.4 Å². The number of carbonyl (C=O) groups excluding carboxylic acids is 1. The van der Waals surface area contributed by atoms with Crippen LogP contribution in [0, 0.1) is 13.8 Å². The molecule has 4 rings (SSSR count). The van der Waals surface area contributed by atoms with Crippen LogP contribution in [0.3, 0.4) is 0 Å². The molecule has 0 bridgehead atoms. The number of hydrogen-bond acceptors (Lipinski definition) is 5. The highest BCUT2D eigenvalue weighted by Crippen LogP contribution is 2.32. The first-order valence-electron chi connectivity index (χ1n) is 9.58. The molecule has 4 aromatic rings. The first-order chi connectivity index (χ1) is 14.5. The Balaban J connectivity index is 1.63. The first kappa shape index (κ1) is 19.5. The monoisotopic (exact) mass is 403 g/mol. The van der Waals surface area contributed by atoms with E-state index in [0.717, 1.165) is 16.7 Å². The molecule has 1 N–H and O–H groups in total. The van der Waals surface area contributed by atoms with Crippen molar-refractivity contribution in [2.75, 3.05) is 6.61 Å².